The second-order valence-electron chi connectivity index (χ2n) is 4.97. The van der Waals surface area contributed by atoms with Crippen molar-refractivity contribution in [1.82, 2.24) is 25.0 Å². The van der Waals surface area contributed by atoms with E-state index in [1.165, 1.54) is 11.0 Å². The molecule has 2 aromatic heterocycles. The highest BCUT2D eigenvalue weighted by Crippen LogP contribution is 2.44. The Hall–Kier alpha value is -1.93. The van der Waals surface area contributed by atoms with Gasteiger partial charge in [0, 0.05) is 0 Å². The van der Waals surface area contributed by atoms with Crippen molar-refractivity contribution >= 4 is 17.0 Å². The summed E-state index contributed by atoms with van der Waals surface area (Å²) < 4.78 is 40.7. The molecule has 1 saturated carbocycles. The summed E-state index contributed by atoms with van der Waals surface area (Å²) in [5.41, 5.74) is 6.14. The summed E-state index contributed by atoms with van der Waals surface area (Å²) in [6.07, 6.45) is -1.21. The summed E-state index contributed by atoms with van der Waals surface area (Å²) in [5.74, 6) is -1.29. The van der Waals surface area contributed by atoms with Crippen LogP contribution in [-0.2, 0) is 0 Å². The Balaban J connectivity index is 2.06. The van der Waals surface area contributed by atoms with E-state index in [2.05, 4.69) is 20.3 Å². The third kappa shape index (κ3) is 2.06. The number of nitrogens with zero attached hydrogens (tertiary/aromatic N) is 5. The maximum absolute atomic E-state index is 13.1. The number of aromatic nitrogens is 5. The molecule has 1 fully saturated rings. The van der Waals surface area contributed by atoms with Crippen molar-refractivity contribution in [3.05, 3.63) is 6.33 Å². The van der Waals surface area contributed by atoms with Gasteiger partial charge in [-0.15, -0.1) is 5.10 Å². The minimum Gasteiger partial charge on any atom is -0.382 e. The Morgan fingerprint density at radius 2 is 1.95 bits per heavy atom. The molecule has 2 unspecified atom stereocenters. The zero-order valence-electron chi connectivity index (χ0n) is 10.5. The van der Waals surface area contributed by atoms with Crippen LogP contribution >= 0.6 is 0 Å². The Morgan fingerprint density at radius 1 is 1.20 bits per heavy atom. The Kier molecular flexibility index (Phi) is 2.98. The molecule has 2 aromatic rings. The summed E-state index contributed by atoms with van der Waals surface area (Å²) >= 11 is 0. The highest BCUT2D eigenvalue weighted by Gasteiger charge is 2.47. The second kappa shape index (κ2) is 4.57. The molecule has 0 aliphatic heterocycles. The molecular weight excluding hydrogens is 273 g/mol. The number of hydrogen-bond acceptors (Lipinski definition) is 5. The fourth-order valence-electron chi connectivity index (χ4n) is 2.79. The Morgan fingerprint density at radius 3 is 2.70 bits per heavy atom. The molecular formula is C11H13F3N6. The lowest BCUT2D eigenvalue weighted by atomic mass is 9.84. The van der Waals surface area contributed by atoms with Crippen molar-refractivity contribution < 1.29 is 13.2 Å². The topological polar surface area (TPSA) is 82.5 Å². The van der Waals surface area contributed by atoms with Crippen molar-refractivity contribution in [2.24, 2.45) is 5.92 Å². The fraction of sp³-hybridized carbons (Fsp3) is 0.636. The number of rotatable bonds is 1. The molecule has 0 aromatic carbocycles. The van der Waals surface area contributed by atoms with Crippen LogP contribution in [0.3, 0.4) is 0 Å². The lowest BCUT2D eigenvalue weighted by Gasteiger charge is -2.32. The molecule has 0 spiro atoms. The van der Waals surface area contributed by atoms with Crippen LogP contribution in [0.1, 0.15) is 31.7 Å². The molecule has 6 nitrogen and oxygen atoms in total. The Labute approximate surface area is 112 Å². The van der Waals surface area contributed by atoms with Gasteiger partial charge in [-0.05, 0) is 12.8 Å². The van der Waals surface area contributed by atoms with E-state index in [4.69, 9.17) is 5.73 Å². The quantitative estimate of drug-likeness (QED) is 0.868. The molecule has 108 valence electrons. The predicted molar refractivity (Wildman–Crippen MR) is 64.6 cm³/mol. The van der Waals surface area contributed by atoms with E-state index in [0.717, 1.165) is 6.42 Å². The van der Waals surface area contributed by atoms with E-state index in [-0.39, 0.29) is 23.4 Å². The normalized spacial score (nSPS) is 24.1. The molecule has 2 heterocycles. The minimum atomic E-state index is -4.25. The van der Waals surface area contributed by atoms with Crippen molar-refractivity contribution in [3.8, 4) is 0 Å². The van der Waals surface area contributed by atoms with Gasteiger partial charge in [0.1, 0.15) is 6.33 Å². The average molecular weight is 286 g/mol. The first-order valence-electron chi connectivity index (χ1n) is 6.36. The van der Waals surface area contributed by atoms with Gasteiger partial charge < -0.3 is 5.73 Å². The SMILES string of the molecule is Nc1ncnc2c1nnn2C1CCCCC1C(F)(F)F. The zero-order valence-corrected chi connectivity index (χ0v) is 10.5. The van der Waals surface area contributed by atoms with Crippen LogP contribution < -0.4 is 5.73 Å². The molecule has 0 amide bonds. The first kappa shape index (κ1) is 13.1. The molecule has 0 radical (unpaired) electrons. The summed E-state index contributed by atoms with van der Waals surface area (Å²) in [6, 6.07) is -0.775. The third-order valence-corrected chi connectivity index (χ3v) is 3.75. The fourth-order valence-corrected chi connectivity index (χ4v) is 2.79. The smallest absolute Gasteiger partial charge is 0.382 e. The number of hydrogen-bond donors (Lipinski definition) is 1. The van der Waals surface area contributed by atoms with E-state index in [1.807, 2.05) is 0 Å². The van der Waals surface area contributed by atoms with Crippen LogP contribution in [0, 0.1) is 5.92 Å². The molecule has 1 aliphatic rings. The highest BCUT2D eigenvalue weighted by atomic mass is 19.4. The van der Waals surface area contributed by atoms with Gasteiger partial charge in [0.2, 0.25) is 0 Å². The summed E-state index contributed by atoms with van der Waals surface area (Å²) in [4.78, 5) is 7.74. The summed E-state index contributed by atoms with van der Waals surface area (Å²) in [5, 5.41) is 7.63. The van der Waals surface area contributed by atoms with Gasteiger partial charge in [0.25, 0.3) is 0 Å². The molecule has 0 saturated heterocycles. The van der Waals surface area contributed by atoms with Crippen LogP contribution in [0.25, 0.3) is 11.2 Å². The molecule has 1 aliphatic carbocycles. The number of halogens is 3. The lowest BCUT2D eigenvalue weighted by Crippen LogP contribution is -2.35. The maximum Gasteiger partial charge on any atom is 0.393 e. The number of nitrogen functional groups attached to an aromatic ring is 1. The van der Waals surface area contributed by atoms with E-state index < -0.39 is 18.1 Å². The Bertz CT molecular complexity index is 622. The van der Waals surface area contributed by atoms with Crippen LogP contribution in [-0.4, -0.2) is 31.1 Å². The van der Waals surface area contributed by atoms with Crippen molar-refractivity contribution in [3.63, 3.8) is 0 Å². The van der Waals surface area contributed by atoms with Crippen LogP contribution in [0.5, 0.6) is 0 Å². The number of fused-ring (bicyclic) bond motifs is 1. The van der Waals surface area contributed by atoms with Gasteiger partial charge >= 0.3 is 6.18 Å². The molecule has 2 N–H and O–H groups in total. The average Bonchev–Trinajstić information content (AvgIpc) is 2.83. The largest absolute Gasteiger partial charge is 0.393 e. The first-order chi connectivity index (χ1) is 9.48. The summed E-state index contributed by atoms with van der Waals surface area (Å²) in [7, 11) is 0. The van der Waals surface area contributed by atoms with E-state index >= 15 is 0 Å². The monoisotopic (exact) mass is 286 g/mol. The van der Waals surface area contributed by atoms with Crippen molar-refractivity contribution in [1.29, 1.82) is 0 Å². The van der Waals surface area contributed by atoms with Gasteiger partial charge in [0.15, 0.2) is 17.0 Å². The highest BCUT2D eigenvalue weighted by molar-refractivity contribution is 5.80. The predicted octanol–water partition coefficient (Wildman–Crippen LogP) is 2.10. The van der Waals surface area contributed by atoms with Gasteiger partial charge in [-0.1, -0.05) is 18.1 Å². The maximum atomic E-state index is 13.1. The first-order valence-corrected chi connectivity index (χ1v) is 6.36. The molecule has 9 heteroatoms. The van der Waals surface area contributed by atoms with Crippen LogP contribution in [0.4, 0.5) is 19.0 Å². The molecule has 20 heavy (non-hydrogen) atoms. The van der Waals surface area contributed by atoms with Gasteiger partial charge in [0.05, 0.1) is 12.0 Å². The standard InChI is InChI=1S/C11H13F3N6/c12-11(13,14)6-3-1-2-4-7(6)20-10-8(18-19-20)9(15)16-5-17-10/h5-7H,1-4H2,(H2,15,16,17). The van der Waals surface area contributed by atoms with Gasteiger partial charge in [-0.25, -0.2) is 14.6 Å². The van der Waals surface area contributed by atoms with E-state index in [9.17, 15) is 13.2 Å². The minimum absolute atomic E-state index is 0.107. The lowest BCUT2D eigenvalue weighted by molar-refractivity contribution is -0.194. The number of alkyl halides is 3. The molecule has 3 rings (SSSR count). The van der Waals surface area contributed by atoms with Crippen LogP contribution in [0.15, 0.2) is 6.33 Å². The van der Waals surface area contributed by atoms with E-state index in [0.29, 0.717) is 12.8 Å². The zero-order chi connectivity index (χ0) is 14.3. The van der Waals surface area contributed by atoms with Crippen molar-refractivity contribution in [2.45, 2.75) is 37.9 Å². The second-order valence-corrected chi connectivity index (χ2v) is 4.97. The summed E-state index contributed by atoms with van der Waals surface area (Å²) in [6.45, 7) is 0. The number of anilines is 1. The molecule has 2 atom stereocenters. The number of nitrogens with two attached hydrogens (primary N) is 1. The van der Waals surface area contributed by atoms with Crippen molar-refractivity contribution in [2.75, 3.05) is 5.73 Å². The van der Waals surface area contributed by atoms with Gasteiger partial charge in [-0.3, -0.25) is 0 Å². The van der Waals surface area contributed by atoms with E-state index in [1.54, 1.807) is 0 Å². The van der Waals surface area contributed by atoms with Gasteiger partial charge in [-0.2, -0.15) is 13.2 Å². The molecule has 0 bridgehead atoms. The third-order valence-electron chi connectivity index (χ3n) is 3.75. The van der Waals surface area contributed by atoms with Crippen LogP contribution in [0.2, 0.25) is 0 Å².